The SMILES string of the molecule is CC1[C@@H]2CN(c3ccc([N+](=O)[O-])cc3F)C[C@H]1C2=O. The number of hydrogen-bond acceptors (Lipinski definition) is 4. The van der Waals surface area contributed by atoms with Crippen molar-refractivity contribution < 1.29 is 14.1 Å². The van der Waals surface area contributed by atoms with Crippen molar-refractivity contribution in [3.8, 4) is 0 Å². The lowest BCUT2D eigenvalue weighted by Crippen LogP contribution is -2.61. The van der Waals surface area contributed by atoms with Gasteiger partial charge in [0.25, 0.3) is 5.69 Å². The van der Waals surface area contributed by atoms with E-state index in [1.54, 1.807) is 0 Å². The van der Waals surface area contributed by atoms with E-state index in [9.17, 15) is 19.3 Å². The van der Waals surface area contributed by atoms with Gasteiger partial charge < -0.3 is 4.90 Å². The average Bonchev–Trinajstić information content (AvgIpc) is 2.40. The van der Waals surface area contributed by atoms with Crippen LogP contribution in [-0.4, -0.2) is 23.8 Å². The van der Waals surface area contributed by atoms with Gasteiger partial charge in [-0.3, -0.25) is 14.9 Å². The normalized spacial score (nSPS) is 29.1. The topological polar surface area (TPSA) is 63.4 Å². The highest BCUT2D eigenvalue weighted by molar-refractivity contribution is 5.92. The predicted octanol–water partition coefficient (Wildman–Crippen LogP) is 2.01. The molecule has 0 amide bonds. The summed E-state index contributed by atoms with van der Waals surface area (Å²) in [6.45, 7) is 3.05. The molecular formula is C13H13FN2O3. The van der Waals surface area contributed by atoms with Crippen LogP contribution in [0.3, 0.4) is 0 Å². The van der Waals surface area contributed by atoms with Crippen LogP contribution in [-0.2, 0) is 4.79 Å². The molecule has 3 atom stereocenters. The third kappa shape index (κ3) is 1.70. The predicted molar refractivity (Wildman–Crippen MR) is 66.4 cm³/mol. The number of carbonyl (C=O) groups is 1. The number of ketones is 1. The molecule has 5 nitrogen and oxygen atoms in total. The summed E-state index contributed by atoms with van der Waals surface area (Å²) in [6.07, 6.45) is 0. The van der Waals surface area contributed by atoms with Crippen LogP contribution in [0.2, 0.25) is 0 Å². The molecule has 0 N–H and O–H groups in total. The molecule has 1 unspecified atom stereocenters. The van der Waals surface area contributed by atoms with Crippen molar-refractivity contribution in [2.24, 2.45) is 17.8 Å². The molecule has 3 aliphatic rings. The number of carbonyl (C=O) groups excluding carboxylic acids is 1. The summed E-state index contributed by atoms with van der Waals surface area (Å²) < 4.78 is 13.9. The van der Waals surface area contributed by atoms with E-state index in [0.717, 1.165) is 6.07 Å². The van der Waals surface area contributed by atoms with E-state index >= 15 is 0 Å². The second-order valence-corrected chi connectivity index (χ2v) is 5.27. The molecule has 19 heavy (non-hydrogen) atoms. The third-order valence-corrected chi connectivity index (χ3v) is 4.32. The summed E-state index contributed by atoms with van der Waals surface area (Å²) in [5, 5.41) is 10.6. The second-order valence-electron chi connectivity index (χ2n) is 5.27. The molecule has 1 saturated carbocycles. The Balaban J connectivity index is 1.85. The Morgan fingerprint density at radius 2 is 2.00 bits per heavy atom. The summed E-state index contributed by atoms with van der Waals surface area (Å²) in [5.41, 5.74) is 0.0906. The lowest BCUT2D eigenvalue weighted by Gasteiger charge is -2.51. The zero-order valence-corrected chi connectivity index (χ0v) is 10.4. The quantitative estimate of drug-likeness (QED) is 0.605. The van der Waals surface area contributed by atoms with Crippen LogP contribution in [0.25, 0.3) is 0 Å². The summed E-state index contributed by atoms with van der Waals surface area (Å²) in [7, 11) is 0. The minimum absolute atomic E-state index is 0.0201. The zero-order chi connectivity index (χ0) is 13.7. The van der Waals surface area contributed by atoms with Gasteiger partial charge in [0.15, 0.2) is 5.82 Å². The Kier molecular flexibility index (Phi) is 2.55. The molecule has 4 rings (SSSR count). The smallest absolute Gasteiger partial charge is 0.272 e. The molecule has 100 valence electrons. The number of non-ortho nitro benzene ring substituents is 1. The van der Waals surface area contributed by atoms with Crippen molar-refractivity contribution in [2.45, 2.75) is 6.92 Å². The Bertz CT molecular complexity index is 559. The van der Waals surface area contributed by atoms with E-state index in [4.69, 9.17) is 0 Å². The molecule has 1 aromatic carbocycles. The molecule has 1 aromatic rings. The Morgan fingerprint density at radius 3 is 2.47 bits per heavy atom. The van der Waals surface area contributed by atoms with Crippen molar-refractivity contribution in [1.29, 1.82) is 0 Å². The number of benzene rings is 1. The Morgan fingerprint density at radius 1 is 1.37 bits per heavy atom. The van der Waals surface area contributed by atoms with Crippen LogP contribution < -0.4 is 4.90 Å². The number of piperidine rings is 2. The number of nitro benzene ring substituents is 1. The summed E-state index contributed by atoms with van der Waals surface area (Å²) in [4.78, 5) is 23.4. The molecule has 3 fully saturated rings. The first-order chi connectivity index (χ1) is 8.99. The number of anilines is 1. The van der Waals surface area contributed by atoms with E-state index in [0.29, 0.717) is 24.7 Å². The van der Waals surface area contributed by atoms with Gasteiger partial charge in [0, 0.05) is 31.0 Å². The highest BCUT2D eigenvalue weighted by Gasteiger charge is 2.52. The number of halogens is 1. The number of nitrogens with zero attached hydrogens (tertiary/aromatic N) is 2. The largest absolute Gasteiger partial charge is 0.368 e. The molecule has 2 bridgehead atoms. The number of Topliss-reactive ketones (excluding diaryl/α,β-unsaturated/α-hetero) is 1. The molecule has 1 aliphatic carbocycles. The lowest BCUT2D eigenvalue weighted by atomic mass is 9.61. The highest BCUT2D eigenvalue weighted by Crippen LogP contribution is 2.43. The van der Waals surface area contributed by atoms with E-state index in [1.807, 2.05) is 11.8 Å². The minimum Gasteiger partial charge on any atom is -0.368 e. The first-order valence-electron chi connectivity index (χ1n) is 6.21. The van der Waals surface area contributed by atoms with E-state index < -0.39 is 10.7 Å². The van der Waals surface area contributed by atoms with Gasteiger partial charge in [-0.2, -0.15) is 0 Å². The number of nitro groups is 1. The van der Waals surface area contributed by atoms with Gasteiger partial charge in [-0.05, 0) is 12.0 Å². The van der Waals surface area contributed by atoms with E-state index in [1.165, 1.54) is 12.1 Å². The van der Waals surface area contributed by atoms with Crippen molar-refractivity contribution in [1.82, 2.24) is 0 Å². The molecule has 6 heteroatoms. The van der Waals surface area contributed by atoms with Crippen LogP contribution in [0.1, 0.15) is 6.92 Å². The van der Waals surface area contributed by atoms with Gasteiger partial charge in [-0.1, -0.05) is 6.92 Å². The Hall–Kier alpha value is -1.98. The molecule has 0 radical (unpaired) electrons. The maximum atomic E-state index is 13.9. The van der Waals surface area contributed by atoms with Gasteiger partial charge in [0.1, 0.15) is 5.78 Å². The molecule has 0 aromatic heterocycles. The number of fused-ring (bicyclic) bond motifs is 2. The lowest BCUT2D eigenvalue weighted by molar-refractivity contribution is -0.385. The number of hydrogen-bond donors (Lipinski definition) is 0. The molecule has 2 aliphatic heterocycles. The third-order valence-electron chi connectivity index (χ3n) is 4.32. The van der Waals surface area contributed by atoms with Gasteiger partial charge in [0.05, 0.1) is 16.7 Å². The van der Waals surface area contributed by atoms with Crippen molar-refractivity contribution >= 4 is 17.2 Å². The zero-order valence-electron chi connectivity index (χ0n) is 10.4. The first-order valence-corrected chi connectivity index (χ1v) is 6.21. The molecule has 2 saturated heterocycles. The van der Waals surface area contributed by atoms with Gasteiger partial charge >= 0.3 is 0 Å². The molecule has 0 spiro atoms. The number of rotatable bonds is 2. The fourth-order valence-corrected chi connectivity index (χ4v) is 3.08. The summed E-state index contributed by atoms with van der Waals surface area (Å²) in [5.74, 6) is -0.00628. The van der Waals surface area contributed by atoms with Crippen molar-refractivity contribution in [2.75, 3.05) is 18.0 Å². The maximum absolute atomic E-state index is 13.9. The van der Waals surface area contributed by atoms with Crippen LogP contribution in [0, 0.1) is 33.7 Å². The van der Waals surface area contributed by atoms with Gasteiger partial charge in [-0.25, -0.2) is 4.39 Å². The van der Waals surface area contributed by atoms with Gasteiger partial charge in [0.2, 0.25) is 0 Å². The van der Waals surface area contributed by atoms with Crippen molar-refractivity contribution in [3.05, 3.63) is 34.1 Å². The van der Waals surface area contributed by atoms with Gasteiger partial charge in [-0.15, -0.1) is 0 Å². The van der Waals surface area contributed by atoms with Crippen LogP contribution in [0.5, 0.6) is 0 Å². The summed E-state index contributed by atoms with van der Waals surface area (Å²) in [6, 6.07) is 3.65. The Labute approximate surface area is 109 Å². The van der Waals surface area contributed by atoms with Crippen molar-refractivity contribution in [3.63, 3.8) is 0 Å². The molecule has 2 heterocycles. The van der Waals surface area contributed by atoms with Crippen LogP contribution in [0.15, 0.2) is 18.2 Å². The highest BCUT2D eigenvalue weighted by atomic mass is 19.1. The standard InChI is InChI=1S/C13H13FN2O3/c1-7-9-5-15(6-10(7)13(9)17)12-3-2-8(16(18)19)4-11(12)14/h2-4,7,9-10H,5-6H2,1H3/t7?,9-,10+. The second kappa shape index (κ2) is 4.01. The van der Waals surface area contributed by atoms with Crippen LogP contribution >= 0.6 is 0 Å². The van der Waals surface area contributed by atoms with Crippen LogP contribution in [0.4, 0.5) is 15.8 Å². The average molecular weight is 264 g/mol. The first kappa shape index (κ1) is 12.1. The minimum atomic E-state index is -0.619. The monoisotopic (exact) mass is 264 g/mol. The van der Waals surface area contributed by atoms with E-state index in [-0.39, 0.29) is 23.3 Å². The fraction of sp³-hybridized carbons (Fsp3) is 0.462. The maximum Gasteiger partial charge on any atom is 0.272 e. The van der Waals surface area contributed by atoms with E-state index in [2.05, 4.69) is 0 Å². The summed E-state index contributed by atoms with van der Waals surface area (Å²) >= 11 is 0. The molecular weight excluding hydrogens is 251 g/mol. The fourth-order valence-electron chi connectivity index (χ4n) is 3.08.